The van der Waals surface area contributed by atoms with Crippen molar-refractivity contribution in [1.29, 1.82) is 0 Å². The Balaban J connectivity index is 1.22. The predicted molar refractivity (Wildman–Crippen MR) is 147 cm³/mol. The van der Waals surface area contributed by atoms with Crippen molar-refractivity contribution < 1.29 is 9.47 Å². The van der Waals surface area contributed by atoms with E-state index in [0.29, 0.717) is 0 Å². The van der Waals surface area contributed by atoms with E-state index in [1.807, 2.05) is 48.5 Å². The van der Waals surface area contributed by atoms with E-state index in [2.05, 4.69) is 0 Å². The van der Waals surface area contributed by atoms with Gasteiger partial charge in [-0.15, -0.1) is 0 Å². The Hall–Kier alpha value is -2.36. The van der Waals surface area contributed by atoms with Gasteiger partial charge in [-0.2, -0.15) is 0 Å². The van der Waals surface area contributed by atoms with Gasteiger partial charge in [0.2, 0.25) is 0 Å². The molecule has 0 aliphatic heterocycles. The quantitative estimate of drug-likeness (QED) is 0.142. The summed E-state index contributed by atoms with van der Waals surface area (Å²) in [6.07, 6.45) is 21.5. The van der Waals surface area contributed by atoms with Crippen molar-refractivity contribution in [3.8, 4) is 11.5 Å². The lowest BCUT2D eigenvalue weighted by molar-refractivity contribution is 0.304. The molecule has 0 saturated carbocycles. The molecule has 4 nitrogen and oxygen atoms in total. The van der Waals surface area contributed by atoms with Crippen LogP contribution in [0.2, 0.25) is 0 Å². The largest absolute Gasteiger partial charge is 0.494 e. The predicted octanol–water partition coefficient (Wildman–Crippen LogP) is 8.55. The molecule has 2 aromatic carbocycles. The maximum absolute atomic E-state index is 5.74. The minimum Gasteiger partial charge on any atom is -0.494 e. The number of ether oxygens (including phenoxy) is 2. The lowest BCUT2D eigenvalue weighted by Gasteiger charge is -2.07. The number of anilines is 2. The van der Waals surface area contributed by atoms with Gasteiger partial charge >= 0.3 is 0 Å². The van der Waals surface area contributed by atoms with Gasteiger partial charge in [-0.1, -0.05) is 89.9 Å². The van der Waals surface area contributed by atoms with Crippen LogP contribution in [0.5, 0.6) is 11.5 Å². The van der Waals surface area contributed by atoms with E-state index in [0.717, 1.165) is 48.9 Å². The second-order valence-corrected chi connectivity index (χ2v) is 9.49. The molecule has 190 valence electrons. The fourth-order valence-corrected chi connectivity index (χ4v) is 4.19. The van der Waals surface area contributed by atoms with Gasteiger partial charge in [-0.25, -0.2) is 0 Å². The van der Waals surface area contributed by atoms with Gasteiger partial charge in [-0.3, -0.25) is 0 Å². The van der Waals surface area contributed by atoms with Crippen molar-refractivity contribution in [1.82, 2.24) is 0 Å². The Morgan fingerprint density at radius 1 is 0.353 bits per heavy atom. The van der Waals surface area contributed by atoms with Gasteiger partial charge in [0.25, 0.3) is 0 Å². The Morgan fingerprint density at radius 2 is 0.588 bits per heavy atom. The molecule has 0 bridgehead atoms. The fourth-order valence-electron chi connectivity index (χ4n) is 4.19. The summed E-state index contributed by atoms with van der Waals surface area (Å²) in [7, 11) is 0. The standard InChI is InChI=1S/C30H48N2O2/c31-27-17-21-29(22-18-27)33-25-15-13-11-9-7-5-3-1-2-4-6-8-10-12-14-16-26-34-30-23-19-28(32)20-24-30/h17-24H,1-16,25-26,31-32H2. The Morgan fingerprint density at radius 3 is 0.853 bits per heavy atom. The molecule has 0 aromatic heterocycles. The van der Waals surface area contributed by atoms with Crippen LogP contribution in [0, 0.1) is 0 Å². The topological polar surface area (TPSA) is 70.5 Å². The molecule has 2 rings (SSSR count). The lowest BCUT2D eigenvalue weighted by atomic mass is 10.0. The highest BCUT2D eigenvalue weighted by atomic mass is 16.5. The first-order chi connectivity index (χ1) is 16.7. The maximum atomic E-state index is 5.74. The average molecular weight is 469 g/mol. The van der Waals surface area contributed by atoms with Gasteiger partial charge in [0.05, 0.1) is 13.2 Å². The Labute approximate surface area is 208 Å². The number of nitrogen functional groups attached to an aromatic ring is 2. The van der Waals surface area contributed by atoms with Crippen molar-refractivity contribution in [2.24, 2.45) is 0 Å². The van der Waals surface area contributed by atoms with E-state index in [-0.39, 0.29) is 0 Å². The normalized spacial score (nSPS) is 10.9. The molecule has 0 fully saturated rings. The van der Waals surface area contributed by atoms with Crippen LogP contribution >= 0.6 is 0 Å². The average Bonchev–Trinajstić information content (AvgIpc) is 2.85. The smallest absolute Gasteiger partial charge is 0.119 e. The molecule has 2 aromatic rings. The zero-order valence-electron chi connectivity index (χ0n) is 21.3. The molecule has 34 heavy (non-hydrogen) atoms. The van der Waals surface area contributed by atoms with Gasteiger partial charge in [0.1, 0.15) is 11.5 Å². The van der Waals surface area contributed by atoms with Crippen LogP contribution in [0.25, 0.3) is 0 Å². The number of unbranched alkanes of at least 4 members (excludes halogenated alkanes) is 15. The van der Waals surface area contributed by atoms with Gasteiger partial charge < -0.3 is 20.9 Å². The van der Waals surface area contributed by atoms with Crippen LogP contribution in [-0.2, 0) is 0 Å². The second-order valence-electron chi connectivity index (χ2n) is 9.49. The maximum Gasteiger partial charge on any atom is 0.119 e. The van der Waals surface area contributed by atoms with Crippen LogP contribution in [0.3, 0.4) is 0 Å². The summed E-state index contributed by atoms with van der Waals surface area (Å²) < 4.78 is 11.5. The van der Waals surface area contributed by atoms with E-state index in [1.165, 1.54) is 89.9 Å². The molecule has 0 unspecified atom stereocenters. The number of nitrogens with two attached hydrogens (primary N) is 2. The molecule has 0 radical (unpaired) electrons. The van der Waals surface area contributed by atoms with Gasteiger partial charge in [0, 0.05) is 11.4 Å². The summed E-state index contributed by atoms with van der Waals surface area (Å²) >= 11 is 0. The minimum absolute atomic E-state index is 0.785. The van der Waals surface area contributed by atoms with Gasteiger partial charge in [-0.05, 0) is 61.4 Å². The molecule has 0 heterocycles. The lowest BCUT2D eigenvalue weighted by Crippen LogP contribution is -1.97. The molecule has 4 heteroatoms. The first kappa shape index (κ1) is 27.9. The molecule has 4 N–H and O–H groups in total. The van der Waals surface area contributed by atoms with Gasteiger partial charge in [0.15, 0.2) is 0 Å². The van der Waals surface area contributed by atoms with E-state index < -0.39 is 0 Å². The highest BCUT2D eigenvalue weighted by Gasteiger charge is 1.97. The van der Waals surface area contributed by atoms with Crippen molar-refractivity contribution in [2.45, 2.75) is 103 Å². The molecular weight excluding hydrogens is 420 g/mol. The van der Waals surface area contributed by atoms with Crippen molar-refractivity contribution in [3.05, 3.63) is 48.5 Å². The zero-order chi connectivity index (χ0) is 24.1. The third-order valence-electron chi connectivity index (χ3n) is 6.34. The van der Waals surface area contributed by atoms with Crippen molar-refractivity contribution in [3.63, 3.8) is 0 Å². The van der Waals surface area contributed by atoms with E-state index in [4.69, 9.17) is 20.9 Å². The number of hydrogen-bond donors (Lipinski definition) is 2. The first-order valence-corrected chi connectivity index (χ1v) is 13.7. The van der Waals surface area contributed by atoms with Crippen molar-refractivity contribution >= 4 is 11.4 Å². The third-order valence-corrected chi connectivity index (χ3v) is 6.34. The third kappa shape index (κ3) is 14.7. The second kappa shape index (κ2) is 19.0. The first-order valence-electron chi connectivity index (χ1n) is 13.7. The minimum atomic E-state index is 0.785. The Kier molecular flexibility index (Phi) is 15.6. The highest BCUT2D eigenvalue weighted by molar-refractivity contribution is 5.42. The van der Waals surface area contributed by atoms with Crippen LogP contribution in [0.4, 0.5) is 11.4 Å². The van der Waals surface area contributed by atoms with Crippen LogP contribution in [-0.4, -0.2) is 13.2 Å². The number of rotatable bonds is 21. The monoisotopic (exact) mass is 468 g/mol. The molecule has 0 aliphatic rings. The van der Waals surface area contributed by atoms with Crippen molar-refractivity contribution in [2.75, 3.05) is 24.7 Å². The summed E-state index contributed by atoms with van der Waals surface area (Å²) in [6, 6.07) is 15.3. The summed E-state index contributed by atoms with van der Waals surface area (Å²) in [5.41, 5.74) is 12.9. The van der Waals surface area contributed by atoms with Crippen LogP contribution in [0.15, 0.2) is 48.5 Å². The van der Waals surface area contributed by atoms with Crippen LogP contribution < -0.4 is 20.9 Å². The number of benzene rings is 2. The summed E-state index contributed by atoms with van der Waals surface area (Å²) in [4.78, 5) is 0. The SMILES string of the molecule is Nc1ccc(OCCCCCCCCCCCCCCCCCCOc2ccc(N)cc2)cc1. The fraction of sp³-hybridized carbons (Fsp3) is 0.600. The molecule has 0 spiro atoms. The summed E-state index contributed by atoms with van der Waals surface area (Å²) in [5.74, 6) is 1.84. The van der Waals surface area contributed by atoms with Crippen LogP contribution in [0.1, 0.15) is 103 Å². The zero-order valence-corrected chi connectivity index (χ0v) is 21.3. The summed E-state index contributed by atoms with van der Waals surface area (Å²) in [5, 5.41) is 0. The van der Waals surface area contributed by atoms with E-state index in [1.54, 1.807) is 0 Å². The molecule has 0 amide bonds. The summed E-state index contributed by atoms with van der Waals surface area (Å²) in [6.45, 7) is 1.62. The molecular formula is C30H48N2O2. The molecule has 0 aliphatic carbocycles. The van der Waals surface area contributed by atoms with E-state index >= 15 is 0 Å². The molecule has 0 atom stereocenters. The van der Waals surface area contributed by atoms with E-state index in [9.17, 15) is 0 Å². The highest BCUT2D eigenvalue weighted by Crippen LogP contribution is 2.16. The Bertz CT molecular complexity index is 652. The number of hydrogen-bond acceptors (Lipinski definition) is 4. The molecule has 0 saturated heterocycles.